The number of aromatic nitrogens is 2. The lowest BCUT2D eigenvalue weighted by atomic mass is 10.1. The molecule has 0 aliphatic carbocycles. The number of aryl methyl sites for hydroxylation is 2. The molecule has 5 nitrogen and oxygen atoms in total. The molecule has 1 aromatic heterocycles. The van der Waals surface area contributed by atoms with Gasteiger partial charge >= 0.3 is 0 Å². The van der Waals surface area contributed by atoms with Crippen molar-refractivity contribution in [3.05, 3.63) is 53.1 Å². The zero-order valence-corrected chi connectivity index (χ0v) is 12.4. The van der Waals surface area contributed by atoms with Crippen molar-refractivity contribution in [2.24, 2.45) is 0 Å². The fraction of sp³-hybridized carbons (Fsp3) is 0.353. The lowest BCUT2D eigenvalue weighted by Crippen LogP contribution is -2.25. The molecule has 1 aliphatic rings. The third-order valence-electron chi connectivity index (χ3n) is 3.88. The minimum absolute atomic E-state index is 0.152. The molecule has 22 heavy (non-hydrogen) atoms. The summed E-state index contributed by atoms with van der Waals surface area (Å²) in [6.07, 6.45) is 6.30. The molecule has 0 saturated carbocycles. The third kappa shape index (κ3) is 3.17. The van der Waals surface area contributed by atoms with Crippen LogP contribution >= 0.6 is 0 Å². The smallest absolute Gasteiger partial charge is 0.251 e. The van der Waals surface area contributed by atoms with E-state index < -0.39 is 0 Å². The van der Waals surface area contributed by atoms with Gasteiger partial charge in [-0.2, -0.15) is 5.26 Å². The van der Waals surface area contributed by atoms with Crippen LogP contribution in [0.25, 0.3) is 0 Å². The molecule has 2 aromatic rings. The summed E-state index contributed by atoms with van der Waals surface area (Å²) >= 11 is 0. The van der Waals surface area contributed by atoms with Gasteiger partial charge in [-0.15, -0.1) is 0 Å². The Morgan fingerprint density at radius 3 is 3.14 bits per heavy atom. The zero-order chi connectivity index (χ0) is 15.4. The van der Waals surface area contributed by atoms with Crippen molar-refractivity contribution in [3.63, 3.8) is 0 Å². The minimum Gasteiger partial charge on any atom is -0.352 e. The highest BCUT2D eigenvalue weighted by molar-refractivity contribution is 5.94. The van der Waals surface area contributed by atoms with Crippen molar-refractivity contribution < 1.29 is 4.79 Å². The van der Waals surface area contributed by atoms with E-state index in [1.54, 1.807) is 24.3 Å². The third-order valence-corrected chi connectivity index (χ3v) is 3.88. The minimum atomic E-state index is -0.152. The van der Waals surface area contributed by atoms with E-state index in [9.17, 15) is 4.79 Å². The highest BCUT2D eigenvalue weighted by Crippen LogP contribution is 2.14. The van der Waals surface area contributed by atoms with E-state index in [1.165, 1.54) is 12.8 Å². The number of nitrogens with one attached hydrogen (secondary N) is 1. The Morgan fingerprint density at radius 2 is 2.32 bits per heavy atom. The van der Waals surface area contributed by atoms with Crippen molar-refractivity contribution >= 4 is 5.91 Å². The molecule has 1 amide bonds. The van der Waals surface area contributed by atoms with E-state index in [1.807, 2.05) is 6.07 Å². The second-order valence-corrected chi connectivity index (χ2v) is 5.50. The van der Waals surface area contributed by atoms with E-state index in [-0.39, 0.29) is 5.91 Å². The van der Waals surface area contributed by atoms with Gasteiger partial charge in [-0.1, -0.05) is 6.07 Å². The molecule has 1 aliphatic heterocycles. The van der Waals surface area contributed by atoms with Gasteiger partial charge in [0.25, 0.3) is 5.91 Å². The molecule has 0 bridgehead atoms. The van der Waals surface area contributed by atoms with Gasteiger partial charge in [0.05, 0.1) is 17.3 Å². The summed E-state index contributed by atoms with van der Waals surface area (Å²) in [7, 11) is 0. The van der Waals surface area contributed by atoms with Crippen molar-refractivity contribution in [2.75, 3.05) is 6.54 Å². The van der Waals surface area contributed by atoms with Crippen LogP contribution in [0.4, 0.5) is 0 Å². The quantitative estimate of drug-likeness (QED) is 0.938. The number of nitrogens with zero attached hydrogens (tertiary/aromatic N) is 3. The molecule has 0 radical (unpaired) electrons. The summed E-state index contributed by atoms with van der Waals surface area (Å²) in [6, 6.07) is 8.76. The molecule has 0 unspecified atom stereocenters. The van der Waals surface area contributed by atoms with Gasteiger partial charge in [-0.25, -0.2) is 4.98 Å². The number of carbonyl (C=O) groups is 1. The standard InChI is InChI=1S/C17H18N4O/c18-11-13-4-3-5-14(10-13)17(22)19-8-7-15-12-21-9-2-1-6-16(21)20-15/h3-5,10,12H,1-2,6-9H2,(H,19,22). The molecule has 1 N–H and O–H groups in total. The van der Waals surface area contributed by atoms with E-state index in [4.69, 9.17) is 5.26 Å². The predicted molar refractivity (Wildman–Crippen MR) is 82.4 cm³/mol. The predicted octanol–water partition coefficient (Wildman–Crippen LogP) is 2.06. The van der Waals surface area contributed by atoms with E-state index in [0.717, 1.165) is 30.9 Å². The van der Waals surface area contributed by atoms with Crippen molar-refractivity contribution in [2.45, 2.75) is 32.2 Å². The molecule has 5 heteroatoms. The van der Waals surface area contributed by atoms with Crippen LogP contribution in [0.15, 0.2) is 30.5 Å². The number of hydrogen-bond donors (Lipinski definition) is 1. The van der Waals surface area contributed by atoms with Crippen LogP contribution in [0.5, 0.6) is 0 Å². The van der Waals surface area contributed by atoms with E-state index >= 15 is 0 Å². The Bertz CT molecular complexity index is 703. The number of benzene rings is 1. The van der Waals surface area contributed by atoms with Crippen LogP contribution in [-0.4, -0.2) is 22.0 Å². The second kappa shape index (κ2) is 6.44. The molecule has 2 heterocycles. The Balaban J connectivity index is 1.55. The molecule has 0 spiro atoms. The van der Waals surface area contributed by atoms with Gasteiger partial charge in [0.15, 0.2) is 0 Å². The first-order valence-electron chi connectivity index (χ1n) is 7.59. The molecule has 0 saturated heterocycles. The highest BCUT2D eigenvalue weighted by atomic mass is 16.1. The first kappa shape index (κ1) is 14.3. The molecule has 1 aromatic carbocycles. The summed E-state index contributed by atoms with van der Waals surface area (Å²) in [5, 5.41) is 11.7. The molecular weight excluding hydrogens is 276 g/mol. The topological polar surface area (TPSA) is 70.7 Å². The Kier molecular flexibility index (Phi) is 4.19. The number of rotatable bonds is 4. The Labute approximate surface area is 129 Å². The SMILES string of the molecule is N#Cc1cccc(C(=O)NCCc2cn3c(n2)CCCC3)c1. The summed E-state index contributed by atoms with van der Waals surface area (Å²) in [6.45, 7) is 1.60. The lowest BCUT2D eigenvalue weighted by Gasteiger charge is -2.11. The van der Waals surface area contributed by atoms with Crippen molar-refractivity contribution in [3.8, 4) is 6.07 Å². The average Bonchev–Trinajstić information content (AvgIpc) is 2.97. The van der Waals surface area contributed by atoms with Crippen LogP contribution in [-0.2, 0) is 19.4 Å². The average molecular weight is 294 g/mol. The number of imidazole rings is 1. The Morgan fingerprint density at radius 1 is 1.41 bits per heavy atom. The van der Waals surface area contributed by atoms with Gasteiger partial charge in [0.2, 0.25) is 0 Å². The first-order chi connectivity index (χ1) is 10.8. The first-order valence-corrected chi connectivity index (χ1v) is 7.59. The molecule has 112 valence electrons. The maximum atomic E-state index is 12.1. The van der Waals surface area contributed by atoms with Crippen LogP contribution in [0.1, 0.15) is 40.3 Å². The molecule has 0 fully saturated rings. The number of carbonyl (C=O) groups excluding carboxylic acids is 1. The zero-order valence-electron chi connectivity index (χ0n) is 12.4. The largest absolute Gasteiger partial charge is 0.352 e. The maximum absolute atomic E-state index is 12.1. The summed E-state index contributed by atoms with van der Waals surface area (Å²) in [5.41, 5.74) is 2.04. The number of nitriles is 1. The number of fused-ring (bicyclic) bond motifs is 1. The van der Waals surface area contributed by atoms with Gasteiger partial charge < -0.3 is 9.88 Å². The normalized spacial score (nSPS) is 13.2. The van der Waals surface area contributed by atoms with Crippen LogP contribution in [0.2, 0.25) is 0 Å². The molecule has 0 atom stereocenters. The fourth-order valence-corrected chi connectivity index (χ4v) is 2.73. The van der Waals surface area contributed by atoms with E-state index in [2.05, 4.69) is 21.1 Å². The van der Waals surface area contributed by atoms with Gasteiger partial charge in [0, 0.05) is 37.7 Å². The number of amides is 1. The summed E-state index contributed by atoms with van der Waals surface area (Å²) < 4.78 is 2.22. The van der Waals surface area contributed by atoms with Gasteiger partial charge in [-0.3, -0.25) is 4.79 Å². The molecular formula is C17H18N4O. The maximum Gasteiger partial charge on any atom is 0.251 e. The van der Waals surface area contributed by atoms with Gasteiger partial charge in [-0.05, 0) is 31.0 Å². The lowest BCUT2D eigenvalue weighted by molar-refractivity contribution is 0.0954. The van der Waals surface area contributed by atoms with Crippen molar-refractivity contribution in [1.82, 2.24) is 14.9 Å². The Hall–Kier alpha value is -2.61. The fourth-order valence-electron chi connectivity index (χ4n) is 2.73. The monoisotopic (exact) mass is 294 g/mol. The van der Waals surface area contributed by atoms with Crippen LogP contribution in [0, 0.1) is 11.3 Å². The second-order valence-electron chi connectivity index (χ2n) is 5.50. The van der Waals surface area contributed by atoms with E-state index in [0.29, 0.717) is 17.7 Å². The molecule has 3 rings (SSSR count). The summed E-state index contributed by atoms with van der Waals surface area (Å²) in [4.78, 5) is 16.7. The van der Waals surface area contributed by atoms with Gasteiger partial charge in [0.1, 0.15) is 5.82 Å². The number of hydrogen-bond acceptors (Lipinski definition) is 3. The highest BCUT2D eigenvalue weighted by Gasteiger charge is 2.12. The summed E-state index contributed by atoms with van der Waals surface area (Å²) in [5.74, 6) is 1.01. The van der Waals surface area contributed by atoms with Crippen LogP contribution in [0.3, 0.4) is 0 Å². The van der Waals surface area contributed by atoms with Crippen LogP contribution < -0.4 is 5.32 Å². The van der Waals surface area contributed by atoms with Crippen molar-refractivity contribution in [1.29, 1.82) is 5.26 Å².